The minimum atomic E-state index is -3.90. The number of sulfonamides is 1. The summed E-state index contributed by atoms with van der Waals surface area (Å²) in [7, 11) is -0.974. The van der Waals surface area contributed by atoms with Crippen molar-refractivity contribution in [3.05, 3.63) is 23.8 Å². The first-order chi connectivity index (χ1) is 11.2. The van der Waals surface area contributed by atoms with Crippen LogP contribution in [0.1, 0.15) is 32.3 Å². The van der Waals surface area contributed by atoms with E-state index in [0.29, 0.717) is 13.2 Å². The number of hydrogen-bond donors (Lipinski definition) is 2. The molecule has 0 fully saturated rings. The molecule has 8 heteroatoms. The SMILES string of the molecule is COCCNC(=O)C(C)NS(=O)(=O)c1cc(C(C)C)ccc1OC. The molecule has 0 heterocycles. The molecule has 0 aromatic heterocycles. The van der Waals surface area contributed by atoms with E-state index in [1.165, 1.54) is 21.1 Å². The molecule has 2 N–H and O–H groups in total. The summed E-state index contributed by atoms with van der Waals surface area (Å²) in [4.78, 5) is 12.0. The topological polar surface area (TPSA) is 93.7 Å². The summed E-state index contributed by atoms with van der Waals surface area (Å²) in [6.45, 7) is 6.09. The van der Waals surface area contributed by atoms with E-state index in [2.05, 4.69) is 10.0 Å². The Labute approximate surface area is 143 Å². The minimum absolute atomic E-state index is 0.0211. The highest BCUT2D eigenvalue weighted by Crippen LogP contribution is 2.28. The summed E-state index contributed by atoms with van der Waals surface area (Å²) >= 11 is 0. The first-order valence-electron chi connectivity index (χ1n) is 7.69. The Kier molecular flexibility index (Phi) is 7.65. The Morgan fingerprint density at radius 2 is 1.88 bits per heavy atom. The summed E-state index contributed by atoms with van der Waals surface area (Å²) in [5, 5.41) is 2.59. The van der Waals surface area contributed by atoms with Crippen LogP contribution in [-0.2, 0) is 19.6 Å². The third-order valence-electron chi connectivity index (χ3n) is 3.47. The number of methoxy groups -OCH3 is 2. The Hall–Kier alpha value is -1.64. The van der Waals surface area contributed by atoms with Gasteiger partial charge >= 0.3 is 0 Å². The zero-order chi connectivity index (χ0) is 18.3. The van der Waals surface area contributed by atoms with Gasteiger partial charge in [-0.25, -0.2) is 8.42 Å². The highest BCUT2D eigenvalue weighted by Gasteiger charge is 2.25. The fourth-order valence-corrected chi connectivity index (χ4v) is 3.45. The van der Waals surface area contributed by atoms with Gasteiger partial charge in [0.25, 0.3) is 0 Å². The fraction of sp³-hybridized carbons (Fsp3) is 0.562. The van der Waals surface area contributed by atoms with Crippen LogP contribution in [0.25, 0.3) is 0 Å². The molecule has 1 aromatic carbocycles. The van der Waals surface area contributed by atoms with E-state index in [-0.39, 0.29) is 16.6 Å². The highest BCUT2D eigenvalue weighted by atomic mass is 32.2. The molecular formula is C16H26N2O5S. The molecule has 0 saturated heterocycles. The molecule has 0 aliphatic rings. The fourth-order valence-electron chi connectivity index (χ4n) is 2.04. The number of hydrogen-bond acceptors (Lipinski definition) is 5. The smallest absolute Gasteiger partial charge is 0.244 e. The lowest BCUT2D eigenvalue weighted by Gasteiger charge is -2.17. The van der Waals surface area contributed by atoms with E-state index in [1.54, 1.807) is 12.1 Å². The molecule has 0 aliphatic carbocycles. The van der Waals surface area contributed by atoms with Crippen molar-refractivity contribution in [1.82, 2.24) is 10.0 Å². The minimum Gasteiger partial charge on any atom is -0.495 e. The van der Waals surface area contributed by atoms with Crippen molar-refractivity contribution in [1.29, 1.82) is 0 Å². The van der Waals surface area contributed by atoms with E-state index in [4.69, 9.17) is 9.47 Å². The average Bonchev–Trinajstić information content (AvgIpc) is 2.53. The van der Waals surface area contributed by atoms with Gasteiger partial charge in [-0.1, -0.05) is 19.9 Å². The molecule has 1 amide bonds. The van der Waals surface area contributed by atoms with Crippen LogP contribution < -0.4 is 14.8 Å². The van der Waals surface area contributed by atoms with Gasteiger partial charge in [-0.15, -0.1) is 0 Å². The maximum atomic E-state index is 12.6. The maximum Gasteiger partial charge on any atom is 0.244 e. The van der Waals surface area contributed by atoms with Crippen molar-refractivity contribution in [2.45, 2.75) is 37.6 Å². The van der Waals surface area contributed by atoms with E-state index < -0.39 is 22.0 Å². The lowest BCUT2D eigenvalue weighted by atomic mass is 10.0. The molecule has 0 saturated carbocycles. The van der Waals surface area contributed by atoms with Crippen molar-refractivity contribution in [2.75, 3.05) is 27.4 Å². The molecule has 1 aromatic rings. The third-order valence-corrected chi connectivity index (χ3v) is 5.04. The second kappa shape index (κ2) is 9.00. The normalized spacial score (nSPS) is 12.9. The van der Waals surface area contributed by atoms with E-state index in [1.807, 2.05) is 19.9 Å². The Balaban J connectivity index is 2.99. The molecular weight excluding hydrogens is 332 g/mol. The van der Waals surface area contributed by atoms with Gasteiger partial charge in [-0.2, -0.15) is 4.72 Å². The third kappa shape index (κ3) is 5.47. The molecule has 0 radical (unpaired) electrons. The zero-order valence-corrected chi connectivity index (χ0v) is 15.6. The largest absolute Gasteiger partial charge is 0.495 e. The van der Waals surface area contributed by atoms with Gasteiger partial charge < -0.3 is 14.8 Å². The van der Waals surface area contributed by atoms with Gasteiger partial charge in [0.1, 0.15) is 10.6 Å². The number of carbonyl (C=O) groups is 1. The monoisotopic (exact) mass is 358 g/mol. The number of rotatable bonds is 9. The van der Waals surface area contributed by atoms with Crippen LogP contribution in [0.15, 0.2) is 23.1 Å². The quantitative estimate of drug-likeness (QED) is 0.648. The van der Waals surface area contributed by atoms with Crippen molar-refractivity contribution < 1.29 is 22.7 Å². The van der Waals surface area contributed by atoms with Crippen LogP contribution in [0.3, 0.4) is 0 Å². The molecule has 0 bridgehead atoms. The van der Waals surface area contributed by atoms with Crippen LogP contribution in [0.4, 0.5) is 0 Å². The number of benzene rings is 1. The summed E-state index contributed by atoms with van der Waals surface area (Å²) < 4.78 is 37.6. The predicted octanol–water partition coefficient (Wildman–Crippen LogP) is 1.25. The van der Waals surface area contributed by atoms with Gasteiger partial charge in [0.15, 0.2) is 0 Å². The molecule has 1 unspecified atom stereocenters. The Bertz CT molecular complexity index is 658. The van der Waals surface area contributed by atoms with E-state index in [9.17, 15) is 13.2 Å². The van der Waals surface area contributed by atoms with Crippen molar-refractivity contribution in [3.63, 3.8) is 0 Å². The van der Waals surface area contributed by atoms with Crippen molar-refractivity contribution >= 4 is 15.9 Å². The second-order valence-electron chi connectivity index (χ2n) is 5.69. The van der Waals surface area contributed by atoms with Gasteiger partial charge in [0.2, 0.25) is 15.9 Å². The zero-order valence-electron chi connectivity index (χ0n) is 14.8. The average molecular weight is 358 g/mol. The molecule has 24 heavy (non-hydrogen) atoms. The lowest BCUT2D eigenvalue weighted by Crippen LogP contribution is -2.45. The highest BCUT2D eigenvalue weighted by molar-refractivity contribution is 7.89. The summed E-state index contributed by atoms with van der Waals surface area (Å²) in [5.41, 5.74) is 0.869. The van der Waals surface area contributed by atoms with Crippen molar-refractivity contribution in [3.8, 4) is 5.75 Å². The number of nitrogens with one attached hydrogen (secondary N) is 2. The Morgan fingerprint density at radius 3 is 2.42 bits per heavy atom. The first-order valence-corrected chi connectivity index (χ1v) is 9.18. The number of ether oxygens (including phenoxy) is 2. The summed E-state index contributed by atoms with van der Waals surface area (Å²) in [6, 6.07) is 4.09. The molecule has 1 rings (SSSR count). The van der Waals surface area contributed by atoms with Crippen LogP contribution in [0.5, 0.6) is 5.75 Å². The Morgan fingerprint density at radius 1 is 1.21 bits per heavy atom. The summed E-state index contributed by atoms with van der Waals surface area (Å²) in [6.07, 6.45) is 0. The molecule has 0 spiro atoms. The first kappa shape index (κ1) is 20.4. The lowest BCUT2D eigenvalue weighted by molar-refractivity contribution is -0.122. The molecule has 7 nitrogen and oxygen atoms in total. The van der Waals surface area contributed by atoms with Gasteiger partial charge in [-0.05, 0) is 30.5 Å². The van der Waals surface area contributed by atoms with Crippen LogP contribution in [0.2, 0.25) is 0 Å². The molecule has 136 valence electrons. The van der Waals surface area contributed by atoms with Crippen LogP contribution >= 0.6 is 0 Å². The van der Waals surface area contributed by atoms with Gasteiger partial charge in [0, 0.05) is 13.7 Å². The predicted molar refractivity (Wildman–Crippen MR) is 91.8 cm³/mol. The van der Waals surface area contributed by atoms with E-state index in [0.717, 1.165) is 5.56 Å². The summed E-state index contributed by atoms with van der Waals surface area (Å²) in [5.74, 6) is -0.0203. The second-order valence-corrected chi connectivity index (χ2v) is 7.37. The van der Waals surface area contributed by atoms with E-state index >= 15 is 0 Å². The van der Waals surface area contributed by atoms with Gasteiger partial charge in [0.05, 0.1) is 19.8 Å². The van der Waals surface area contributed by atoms with Crippen LogP contribution in [0, 0.1) is 0 Å². The van der Waals surface area contributed by atoms with Crippen LogP contribution in [-0.4, -0.2) is 47.7 Å². The van der Waals surface area contributed by atoms with Gasteiger partial charge in [-0.3, -0.25) is 4.79 Å². The van der Waals surface area contributed by atoms with Crippen molar-refractivity contribution in [2.24, 2.45) is 0 Å². The molecule has 0 aliphatic heterocycles. The maximum absolute atomic E-state index is 12.6. The number of amides is 1. The standard InChI is InChI=1S/C16H26N2O5S/c1-11(2)13-6-7-14(23-5)15(10-13)24(20,21)18-12(3)16(19)17-8-9-22-4/h6-7,10-12,18H,8-9H2,1-5H3,(H,17,19). The molecule has 1 atom stereocenters. The number of carbonyl (C=O) groups excluding carboxylic acids is 1.